The Morgan fingerprint density at radius 2 is 1.93 bits per heavy atom. The van der Waals surface area contributed by atoms with E-state index in [1.165, 1.54) is 11.1 Å². The van der Waals surface area contributed by atoms with Gasteiger partial charge in [0, 0.05) is 45.9 Å². The number of benzene rings is 1. The van der Waals surface area contributed by atoms with Crippen molar-refractivity contribution in [1.82, 2.24) is 15.5 Å². The molecule has 2 aliphatic heterocycles. The minimum absolute atomic E-state index is 0.115. The van der Waals surface area contributed by atoms with E-state index >= 15 is 0 Å². The average molecular weight is 419 g/mol. The van der Waals surface area contributed by atoms with E-state index in [0.717, 1.165) is 84.2 Å². The van der Waals surface area contributed by atoms with Crippen LogP contribution in [0.5, 0.6) is 0 Å². The Hall–Kier alpha value is -1.67. The van der Waals surface area contributed by atoms with Gasteiger partial charge in [0.2, 0.25) is 0 Å². The van der Waals surface area contributed by atoms with Crippen LogP contribution in [-0.4, -0.2) is 74.2 Å². The van der Waals surface area contributed by atoms with Gasteiger partial charge in [-0.15, -0.1) is 0 Å². The third-order valence-electron chi connectivity index (χ3n) is 5.61. The van der Waals surface area contributed by atoms with Crippen molar-refractivity contribution in [1.29, 1.82) is 0 Å². The van der Waals surface area contributed by atoms with Crippen molar-refractivity contribution in [2.45, 2.75) is 57.9 Å². The normalized spacial score (nSPS) is 21.1. The van der Waals surface area contributed by atoms with E-state index in [1.807, 2.05) is 0 Å². The number of hydrogen-bond acceptors (Lipinski definition) is 5. The molecule has 3 N–H and O–H groups in total. The number of nitrogens with one attached hydrogen (secondary N) is 2. The smallest absolute Gasteiger partial charge is 0.191 e. The van der Waals surface area contributed by atoms with Gasteiger partial charge in [0.15, 0.2) is 5.96 Å². The SMILES string of the molecule is CCNC(=NCc1ccc(CN2CCC(O)CC2)cc1)NCCCOC1CCOC1. The summed E-state index contributed by atoms with van der Waals surface area (Å²) in [7, 11) is 0. The van der Waals surface area contributed by atoms with Gasteiger partial charge >= 0.3 is 0 Å². The maximum atomic E-state index is 9.64. The van der Waals surface area contributed by atoms with Crippen LogP contribution < -0.4 is 10.6 Å². The molecule has 1 unspecified atom stereocenters. The van der Waals surface area contributed by atoms with Crippen molar-refractivity contribution in [3.63, 3.8) is 0 Å². The Balaban J connectivity index is 1.37. The number of likely N-dealkylation sites (tertiary alicyclic amines) is 1. The molecule has 2 saturated heterocycles. The molecule has 3 rings (SSSR count). The minimum atomic E-state index is -0.115. The van der Waals surface area contributed by atoms with Gasteiger partial charge in [-0.3, -0.25) is 4.90 Å². The molecule has 168 valence electrons. The summed E-state index contributed by atoms with van der Waals surface area (Å²) in [6.45, 7) is 9.62. The number of hydrogen-bond donors (Lipinski definition) is 3. The number of aliphatic hydroxyl groups excluding tert-OH is 1. The van der Waals surface area contributed by atoms with Crippen LogP contribution in [0, 0.1) is 0 Å². The van der Waals surface area contributed by atoms with Crippen molar-refractivity contribution in [3.8, 4) is 0 Å². The van der Waals surface area contributed by atoms with Gasteiger partial charge in [0.1, 0.15) is 0 Å². The van der Waals surface area contributed by atoms with Gasteiger partial charge in [-0.05, 0) is 43.7 Å². The first-order valence-electron chi connectivity index (χ1n) is 11.4. The summed E-state index contributed by atoms with van der Waals surface area (Å²) in [4.78, 5) is 7.12. The summed E-state index contributed by atoms with van der Waals surface area (Å²) in [5, 5.41) is 16.3. The lowest BCUT2D eigenvalue weighted by Crippen LogP contribution is -2.38. The number of rotatable bonds is 10. The van der Waals surface area contributed by atoms with E-state index in [9.17, 15) is 5.11 Å². The van der Waals surface area contributed by atoms with Gasteiger partial charge in [-0.2, -0.15) is 0 Å². The first kappa shape index (κ1) is 23.0. The molecule has 0 amide bonds. The zero-order chi connectivity index (χ0) is 21.0. The molecular weight excluding hydrogens is 380 g/mol. The number of guanidine groups is 1. The predicted molar refractivity (Wildman–Crippen MR) is 120 cm³/mol. The molecule has 0 spiro atoms. The van der Waals surface area contributed by atoms with E-state index in [1.54, 1.807) is 0 Å². The van der Waals surface area contributed by atoms with Crippen molar-refractivity contribution in [2.75, 3.05) is 46.0 Å². The summed E-state index contributed by atoms with van der Waals surface area (Å²) in [6.07, 6.45) is 3.88. The van der Waals surface area contributed by atoms with Crippen LogP contribution in [0.3, 0.4) is 0 Å². The average Bonchev–Trinajstić information content (AvgIpc) is 3.28. The fraction of sp³-hybridized carbons (Fsp3) is 0.696. The third-order valence-corrected chi connectivity index (χ3v) is 5.61. The van der Waals surface area contributed by atoms with E-state index < -0.39 is 0 Å². The fourth-order valence-corrected chi connectivity index (χ4v) is 3.77. The van der Waals surface area contributed by atoms with E-state index in [4.69, 9.17) is 14.5 Å². The fourth-order valence-electron chi connectivity index (χ4n) is 3.77. The zero-order valence-electron chi connectivity index (χ0n) is 18.3. The predicted octanol–water partition coefficient (Wildman–Crippen LogP) is 1.89. The van der Waals surface area contributed by atoms with Crippen LogP contribution in [0.25, 0.3) is 0 Å². The second-order valence-electron chi connectivity index (χ2n) is 8.16. The molecule has 2 fully saturated rings. The molecule has 0 saturated carbocycles. The van der Waals surface area contributed by atoms with Gasteiger partial charge < -0.3 is 25.2 Å². The molecule has 30 heavy (non-hydrogen) atoms. The van der Waals surface area contributed by atoms with Crippen LogP contribution in [0.2, 0.25) is 0 Å². The second-order valence-corrected chi connectivity index (χ2v) is 8.16. The lowest BCUT2D eigenvalue weighted by molar-refractivity contribution is 0.0420. The van der Waals surface area contributed by atoms with Gasteiger partial charge in [0.25, 0.3) is 0 Å². The summed E-state index contributed by atoms with van der Waals surface area (Å²) in [5.41, 5.74) is 2.52. The van der Waals surface area contributed by atoms with Crippen molar-refractivity contribution < 1.29 is 14.6 Å². The van der Waals surface area contributed by atoms with E-state index in [2.05, 4.69) is 46.7 Å². The topological polar surface area (TPSA) is 78.4 Å². The van der Waals surface area contributed by atoms with Gasteiger partial charge in [-0.1, -0.05) is 24.3 Å². The molecule has 1 aromatic carbocycles. The Bertz CT molecular complexity index is 624. The molecule has 1 atom stereocenters. The molecule has 2 heterocycles. The minimum Gasteiger partial charge on any atom is -0.393 e. The number of aliphatic imine (C=N–C) groups is 1. The summed E-state index contributed by atoms with van der Waals surface area (Å²) in [6, 6.07) is 8.72. The highest BCUT2D eigenvalue weighted by Crippen LogP contribution is 2.14. The zero-order valence-corrected chi connectivity index (χ0v) is 18.3. The maximum absolute atomic E-state index is 9.64. The quantitative estimate of drug-likeness (QED) is 0.306. The Morgan fingerprint density at radius 3 is 2.63 bits per heavy atom. The largest absolute Gasteiger partial charge is 0.393 e. The summed E-state index contributed by atoms with van der Waals surface area (Å²) in [5.74, 6) is 0.845. The highest BCUT2D eigenvalue weighted by atomic mass is 16.5. The Morgan fingerprint density at radius 1 is 1.17 bits per heavy atom. The monoisotopic (exact) mass is 418 g/mol. The Labute approximate surface area is 180 Å². The molecule has 0 aliphatic carbocycles. The maximum Gasteiger partial charge on any atom is 0.191 e. The number of piperidine rings is 1. The molecule has 7 nitrogen and oxygen atoms in total. The molecule has 0 radical (unpaired) electrons. The highest BCUT2D eigenvalue weighted by molar-refractivity contribution is 5.79. The first-order valence-corrected chi connectivity index (χ1v) is 11.4. The molecular formula is C23H38N4O3. The summed E-state index contributed by atoms with van der Waals surface area (Å²) < 4.78 is 11.1. The summed E-state index contributed by atoms with van der Waals surface area (Å²) >= 11 is 0. The van der Waals surface area contributed by atoms with Crippen LogP contribution in [0.1, 0.15) is 43.7 Å². The van der Waals surface area contributed by atoms with Crippen LogP contribution in [0.4, 0.5) is 0 Å². The number of ether oxygens (including phenoxy) is 2. The van der Waals surface area contributed by atoms with Gasteiger partial charge in [0.05, 0.1) is 25.4 Å². The van der Waals surface area contributed by atoms with Crippen molar-refractivity contribution in [3.05, 3.63) is 35.4 Å². The Kier molecular flexibility index (Phi) is 9.89. The number of aliphatic hydroxyl groups is 1. The molecule has 0 aromatic heterocycles. The molecule has 1 aromatic rings. The molecule has 0 bridgehead atoms. The third kappa shape index (κ3) is 8.22. The lowest BCUT2D eigenvalue weighted by Gasteiger charge is -2.29. The van der Waals surface area contributed by atoms with E-state index in [-0.39, 0.29) is 12.2 Å². The van der Waals surface area contributed by atoms with Crippen LogP contribution in [-0.2, 0) is 22.6 Å². The molecule has 2 aliphatic rings. The van der Waals surface area contributed by atoms with Gasteiger partial charge in [-0.25, -0.2) is 4.99 Å². The van der Waals surface area contributed by atoms with Crippen LogP contribution in [0.15, 0.2) is 29.3 Å². The van der Waals surface area contributed by atoms with Crippen molar-refractivity contribution >= 4 is 5.96 Å². The second kappa shape index (κ2) is 12.9. The molecule has 7 heteroatoms. The van der Waals surface area contributed by atoms with E-state index in [0.29, 0.717) is 6.54 Å². The number of nitrogens with zero attached hydrogens (tertiary/aromatic N) is 2. The lowest BCUT2D eigenvalue weighted by atomic mass is 10.1. The van der Waals surface area contributed by atoms with Crippen molar-refractivity contribution in [2.24, 2.45) is 4.99 Å². The standard InChI is InChI=1S/C23H38N4O3/c1-2-24-23(25-11-3-14-30-22-10-15-29-18-22)26-16-19-4-6-20(7-5-19)17-27-12-8-21(28)9-13-27/h4-7,21-22,28H,2-3,8-18H2,1H3,(H2,24,25,26). The van der Waals surface area contributed by atoms with Crippen LogP contribution >= 0.6 is 0 Å². The highest BCUT2D eigenvalue weighted by Gasteiger charge is 2.17. The first-order chi connectivity index (χ1) is 14.7.